The molecule has 1 amide bonds. The van der Waals surface area contributed by atoms with Crippen molar-refractivity contribution < 1.29 is 38.1 Å². The molecule has 1 saturated heterocycles. The molecule has 1 fully saturated rings. The molecule has 1 aliphatic rings. The molecule has 1 aliphatic heterocycles. The van der Waals surface area contributed by atoms with Crippen LogP contribution in [-0.4, -0.2) is 70.2 Å². The fraction of sp³-hybridized carbons (Fsp3) is 0.655. The van der Waals surface area contributed by atoms with Crippen LogP contribution in [0.3, 0.4) is 0 Å². The Balaban J connectivity index is 2.11. The van der Waals surface area contributed by atoms with Crippen molar-refractivity contribution in [3.05, 3.63) is 18.1 Å². The monoisotopic (exact) mass is 574 g/mol. The Morgan fingerprint density at radius 3 is 2.22 bits per heavy atom. The molecule has 226 valence electrons. The van der Waals surface area contributed by atoms with Gasteiger partial charge in [0, 0.05) is 38.6 Å². The van der Waals surface area contributed by atoms with Gasteiger partial charge in [-0.05, 0) is 31.1 Å². The maximum absolute atomic E-state index is 13.5. The lowest BCUT2D eigenvalue weighted by Crippen LogP contribution is -2.40. The summed E-state index contributed by atoms with van der Waals surface area (Å²) in [5.41, 5.74) is 0.448. The van der Waals surface area contributed by atoms with Gasteiger partial charge in [0.05, 0.1) is 12.0 Å². The molecule has 12 heteroatoms. The summed E-state index contributed by atoms with van der Waals surface area (Å²) in [5, 5.41) is 3.28. The summed E-state index contributed by atoms with van der Waals surface area (Å²) in [6, 6.07) is 0. The van der Waals surface area contributed by atoms with E-state index in [0.717, 1.165) is 0 Å². The van der Waals surface area contributed by atoms with Crippen LogP contribution < -0.4 is 5.32 Å². The van der Waals surface area contributed by atoms with Crippen LogP contribution in [0.5, 0.6) is 0 Å². The number of anilines is 1. The molecule has 3 heterocycles. The van der Waals surface area contributed by atoms with Gasteiger partial charge in [-0.25, -0.2) is 9.97 Å². The first kappa shape index (κ1) is 32.1. The van der Waals surface area contributed by atoms with Gasteiger partial charge in [-0.15, -0.1) is 0 Å². The maximum Gasteiger partial charge on any atom is 0.303 e. The predicted molar refractivity (Wildman–Crippen MR) is 150 cm³/mol. The molecule has 5 atom stereocenters. The molecule has 1 N–H and O–H groups in total. The molecule has 41 heavy (non-hydrogen) atoms. The third-order valence-corrected chi connectivity index (χ3v) is 6.71. The van der Waals surface area contributed by atoms with E-state index in [1.807, 2.05) is 0 Å². The molecular weight excluding hydrogens is 532 g/mol. The molecule has 0 spiro atoms. The number of hydrogen-bond donors (Lipinski definition) is 1. The Morgan fingerprint density at radius 2 is 1.68 bits per heavy atom. The van der Waals surface area contributed by atoms with Gasteiger partial charge in [-0.2, -0.15) is 0 Å². The normalized spacial score (nSPS) is 21.6. The second-order valence-electron chi connectivity index (χ2n) is 12.2. The second kappa shape index (κ2) is 13.1. The summed E-state index contributed by atoms with van der Waals surface area (Å²) in [7, 11) is 1.47. The highest BCUT2D eigenvalue weighted by Gasteiger charge is 2.50. The number of amides is 1. The molecule has 0 bridgehead atoms. The van der Waals surface area contributed by atoms with Gasteiger partial charge in [-0.3, -0.25) is 19.2 Å². The van der Waals surface area contributed by atoms with E-state index in [-0.39, 0.29) is 46.7 Å². The van der Waals surface area contributed by atoms with Crippen LogP contribution in [0, 0.1) is 17.3 Å². The average molecular weight is 575 g/mol. The zero-order valence-corrected chi connectivity index (χ0v) is 25.3. The van der Waals surface area contributed by atoms with Crippen molar-refractivity contribution in [2.24, 2.45) is 17.3 Å². The van der Waals surface area contributed by atoms with Crippen LogP contribution in [0.1, 0.15) is 84.8 Å². The van der Waals surface area contributed by atoms with E-state index < -0.39 is 36.5 Å². The van der Waals surface area contributed by atoms with Gasteiger partial charge >= 0.3 is 11.9 Å². The van der Waals surface area contributed by atoms with Crippen molar-refractivity contribution in [1.29, 1.82) is 0 Å². The lowest BCUT2D eigenvalue weighted by molar-refractivity contribution is -0.165. The van der Waals surface area contributed by atoms with Crippen molar-refractivity contribution in [1.82, 2.24) is 14.5 Å². The number of nitrogens with zero attached hydrogens (tertiary/aromatic N) is 3. The minimum atomic E-state index is -1.07. The van der Waals surface area contributed by atoms with E-state index in [4.69, 9.17) is 18.9 Å². The van der Waals surface area contributed by atoms with Crippen LogP contribution in [0.25, 0.3) is 11.0 Å². The Morgan fingerprint density at radius 1 is 1.05 bits per heavy atom. The van der Waals surface area contributed by atoms with Gasteiger partial charge < -0.3 is 28.8 Å². The van der Waals surface area contributed by atoms with Gasteiger partial charge in [-0.1, -0.05) is 34.6 Å². The van der Waals surface area contributed by atoms with Crippen molar-refractivity contribution in [3.8, 4) is 0 Å². The molecule has 0 saturated carbocycles. The number of carbonyl (C=O) groups is 4. The van der Waals surface area contributed by atoms with Gasteiger partial charge in [0.1, 0.15) is 23.9 Å². The summed E-state index contributed by atoms with van der Waals surface area (Å²) in [6.07, 6.45) is 0.335. The molecule has 0 aromatic carbocycles. The Bertz CT molecular complexity index is 1280. The summed E-state index contributed by atoms with van der Waals surface area (Å²) in [6.45, 7) is 14.3. The van der Waals surface area contributed by atoms with E-state index in [1.165, 1.54) is 40.4 Å². The van der Waals surface area contributed by atoms with Crippen LogP contribution in [0.15, 0.2) is 12.5 Å². The van der Waals surface area contributed by atoms with Gasteiger partial charge in [0.2, 0.25) is 5.91 Å². The van der Waals surface area contributed by atoms with E-state index in [0.29, 0.717) is 24.1 Å². The Hall–Kier alpha value is -3.38. The number of esters is 2. The molecule has 2 aromatic rings. The SMILES string of the molecule is COC[C@H]1O[C@@H](n2cc(C(C)=O)c3c(NC(=O)C(CC(C)C)CC(C)(C)C)ncnc32)[C@@H](OC(C)=O)C1OC(C)=O. The first-order valence-electron chi connectivity index (χ1n) is 13.8. The minimum Gasteiger partial charge on any atom is -0.456 e. The molecular formula is C29H42N4O8. The minimum absolute atomic E-state index is 0.0479. The van der Waals surface area contributed by atoms with E-state index in [9.17, 15) is 19.2 Å². The molecule has 3 rings (SSSR count). The van der Waals surface area contributed by atoms with Crippen LogP contribution in [0.2, 0.25) is 0 Å². The zero-order valence-electron chi connectivity index (χ0n) is 25.3. The van der Waals surface area contributed by atoms with Crippen LogP contribution in [0.4, 0.5) is 5.82 Å². The van der Waals surface area contributed by atoms with E-state index in [2.05, 4.69) is 49.9 Å². The first-order chi connectivity index (χ1) is 19.1. The number of fused-ring (bicyclic) bond motifs is 1. The van der Waals surface area contributed by atoms with Crippen LogP contribution >= 0.6 is 0 Å². The Labute approximate surface area is 240 Å². The summed E-state index contributed by atoms with van der Waals surface area (Å²) >= 11 is 0. The van der Waals surface area contributed by atoms with E-state index in [1.54, 1.807) is 4.57 Å². The maximum atomic E-state index is 13.5. The first-order valence-corrected chi connectivity index (χ1v) is 13.8. The second-order valence-corrected chi connectivity index (χ2v) is 12.2. The van der Waals surface area contributed by atoms with Crippen molar-refractivity contribution in [2.45, 2.75) is 92.8 Å². The number of methoxy groups -OCH3 is 1. The van der Waals surface area contributed by atoms with Crippen LogP contribution in [-0.2, 0) is 33.3 Å². The molecule has 0 aliphatic carbocycles. The van der Waals surface area contributed by atoms with Crippen molar-refractivity contribution in [2.75, 3.05) is 19.0 Å². The lowest BCUT2D eigenvalue weighted by Gasteiger charge is -2.26. The summed E-state index contributed by atoms with van der Waals surface area (Å²) in [4.78, 5) is 59.1. The molecule has 2 aromatic heterocycles. The third-order valence-electron chi connectivity index (χ3n) is 6.71. The largest absolute Gasteiger partial charge is 0.456 e. The highest BCUT2D eigenvalue weighted by Crippen LogP contribution is 2.39. The fourth-order valence-corrected chi connectivity index (χ4v) is 5.33. The third kappa shape index (κ3) is 7.88. The summed E-state index contributed by atoms with van der Waals surface area (Å²) in [5.74, 6) is -1.46. The van der Waals surface area contributed by atoms with Gasteiger partial charge in [0.15, 0.2) is 24.2 Å². The smallest absolute Gasteiger partial charge is 0.303 e. The average Bonchev–Trinajstić information content (AvgIpc) is 3.37. The predicted octanol–water partition coefficient (Wildman–Crippen LogP) is 4.08. The molecule has 2 unspecified atom stereocenters. The quantitative estimate of drug-likeness (QED) is 0.307. The number of carbonyl (C=O) groups excluding carboxylic acids is 4. The standard InChI is InChI=1S/C29H42N4O8/c1-15(2)10-19(11-29(6,7)8)27(37)32-25-22-20(16(3)34)12-33(26(22)31-14-30-25)28-24(40-18(5)36)23(39-17(4)35)21(41-28)13-38-9/h12,14-15,19,21,23-24,28H,10-11,13H2,1-9H3,(H,30,31,32,37)/t19?,21-,23?,24+,28-/m1/s1. The summed E-state index contributed by atoms with van der Waals surface area (Å²) < 4.78 is 24.1. The number of Topliss-reactive ketones (excluding diaryl/α,β-unsaturated/α-hetero) is 1. The zero-order chi connectivity index (χ0) is 30.6. The van der Waals surface area contributed by atoms with Crippen molar-refractivity contribution >= 4 is 40.5 Å². The number of ether oxygens (including phenoxy) is 4. The molecule has 0 radical (unpaired) electrons. The Kier molecular flexibility index (Phi) is 10.2. The number of ketones is 1. The molecule has 12 nitrogen and oxygen atoms in total. The number of nitrogens with one attached hydrogen (secondary N) is 1. The van der Waals surface area contributed by atoms with E-state index >= 15 is 0 Å². The fourth-order valence-electron chi connectivity index (χ4n) is 5.33. The number of hydrogen-bond acceptors (Lipinski definition) is 10. The number of rotatable bonds is 11. The highest BCUT2D eigenvalue weighted by molar-refractivity contribution is 6.12. The van der Waals surface area contributed by atoms with Crippen molar-refractivity contribution in [3.63, 3.8) is 0 Å². The lowest BCUT2D eigenvalue weighted by atomic mass is 9.80. The van der Waals surface area contributed by atoms with Gasteiger partial charge in [0.25, 0.3) is 0 Å². The number of aromatic nitrogens is 3. The topological polar surface area (TPSA) is 148 Å². The highest BCUT2D eigenvalue weighted by atomic mass is 16.7.